The second kappa shape index (κ2) is 6.12. The van der Waals surface area contributed by atoms with Crippen LogP contribution in [0, 0.1) is 0 Å². The van der Waals surface area contributed by atoms with Gasteiger partial charge in [0.2, 0.25) is 0 Å². The molecule has 2 N–H and O–H groups in total. The van der Waals surface area contributed by atoms with Gasteiger partial charge in [-0.25, -0.2) is 4.79 Å². The van der Waals surface area contributed by atoms with Crippen molar-refractivity contribution in [3.05, 3.63) is 34.9 Å². The number of benzene rings is 1. The van der Waals surface area contributed by atoms with Gasteiger partial charge in [-0.05, 0) is 25.0 Å². The van der Waals surface area contributed by atoms with Gasteiger partial charge in [-0.2, -0.15) is 5.10 Å². The molecule has 0 saturated heterocycles. The molecule has 0 spiro atoms. The minimum Gasteiger partial charge on any atom is -0.477 e. The molecule has 0 fully saturated rings. The molecule has 0 aliphatic heterocycles. The highest BCUT2D eigenvalue weighted by molar-refractivity contribution is 6.34. The monoisotopic (exact) mass is 240 g/mol. The Labute approximate surface area is 98.9 Å². The van der Waals surface area contributed by atoms with Crippen LogP contribution in [0.15, 0.2) is 29.4 Å². The summed E-state index contributed by atoms with van der Waals surface area (Å²) in [5, 5.41) is 13.0. The molecule has 16 heavy (non-hydrogen) atoms. The van der Waals surface area contributed by atoms with Gasteiger partial charge in [0.15, 0.2) is 0 Å². The molecule has 0 aliphatic rings. The number of nitrogens with one attached hydrogen (secondary N) is 1. The number of halogens is 1. The van der Waals surface area contributed by atoms with Crippen molar-refractivity contribution in [2.24, 2.45) is 5.10 Å². The Hall–Kier alpha value is -1.55. The first-order chi connectivity index (χ1) is 7.61. The van der Waals surface area contributed by atoms with Gasteiger partial charge in [0, 0.05) is 11.6 Å². The van der Waals surface area contributed by atoms with Crippen molar-refractivity contribution in [2.75, 3.05) is 6.54 Å². The van der Waals surface area contributed by atoms with E-state index in [0.717, 1.165) is 5.56 Å². The molecule has 4 nitrogen and oxygen atoms in total. The molecule has 0 amide bonds. The van der Waals surface area contributed by atoms with Crippen LogP contribution in [0.3, 0.4) is 0 Å². The van der Waals surface area contributed by atoms with E-state index in [2.05, 4.69) is 10.5 Å². The first-order valence-corrected chi connectivity index (χ1v) is 5.23. The van der Waals surface area contributed by atoms with Gasteiger partial charge in [-0.1, -0.05) is 29.8 Å². The van der Waals surface area contributed by atoms with E-state index in [1.54, 1.807) is 0 Å². The summed E-state index contributed by atoms with van der Waals surface area (Å²) >= 11 is 5.96. The highest BCUT2D eigenvalue weighted by Gasteiger charge is 2.01. The van der Waals surface area contributed by atoms with E-state index in [9.17, 15) is 4.79 Å². The van der Waals surface area contributed by atoms with Crippen molar-refractivity contribution in [1.82, 2.24) is 5.43 Å². The number of hydrogen-bond acceptors (Lipinski definition) is 3. The SMILES string of the molecule is CC(=NNCCc1ccccc1Cl)C(=O)O. The summed E-state index contributed by atoms with van der Waals surface area (Å²) < 4.78 is 0. The second-order valence-electron chi connectivity index (χ2n) is 3.25. The number of hydrazone groups is 1. The molecule has 1 rings (SSSR count). The number of rotatable bonds is 5. The first kappa shape index (κ1) is 12.5. The van der Waals surface area contributed by atoms with Gasteiger partial charge in [0.25, 0.3) is 0 Å². The number of hydrogen-bond donors (Lipinski definition) is 2. The van der Waals surface area contributed by atoms with Crippen LogP contribution in [0.25, 0.3) is 0 Å². The Morgan fingerprint density at radius 2 is 2.19 bits per heavy atom. The van der Waals surface area contributed by atoms with Crippen molar-refractivity contribution in [2.45, 2.75) is 13.3 Å². The van der Waals surface area contributed by atoms with Crippen LogP contribution < -0.4 is 5.43 Å². The highest BCUT2D eigenvalue weighted by atomic mass is 35.5. The fourth-order valence-electron chi connectivity index (χ4n) is 1.11. The molecule has 1 aromatic rings. The molecule has 0 atom stereocenters. The van der Waals surface area contributed by atoms with Crippen molar-refractivity contribution < 1.29 is 9.90 Å². The van der Waals surface area contributed by atoms with Crippen LogP contribution in [0.2, 0.25) is 5.02 Å². The molecule has 5 heteroatoms. The second-order valence-corrected chi connectivity index (χ2v) is 3.66. The average molecular weight is 241 g/mol. The molecule has 0 aliphatic carbocycles. The number of carbonyl (C=O) groups is 1. The van der Waals surface area contributed by atoms with Gasteiger partial charge in [-0.3, -0.25) is 0 Å². The van der Waals surface area contributed by atoms with Crippen molar-refractivity contribution in [3.63, 3.8) is 0 Å². The quantitative estimate of drug-likeness (QED) is 0.470. The van der Waals surface area contributed by atoms with Crippen LogP contribution in [0.5, 0.6) is 0 Å². The fraction of sp³-hybridized carbons (Fsp3) is 0.273. The molecule has 0 aromatic heterocycles. The maximum absolute atomic E-state index is 10.4. The zero-order valence-electron chi connectivity index (χ0n) is 8.90. The highest BCUT2D eigenvalue weighted by Crippen LogP contribution is 2.14. The van der Waals surface area contributed by atoms with Crippen molar-refractivity contribution in [3.8, 4) is 0 Å². The normalized spacial score (nSPS) is 11.2. The lowest BCUT2D eigenvalue weighted by Gasteiger charge is -2.03. The Kier molecular flexibility index (Phi) is 4.79. The summed E-state index contributed by atoms with van der Waals surface area (Å²) in [4.78, 5) is 10.4. The third kappa shape index (κ3) is 3.90. The lowest BCUT2D eigenvalue weighted by molar-refractivity contribution is -0.129. The van der Waals surface area contributed by atoms with Gasteiger partial charge < -0.3 is 10.5 Å². The smallest absolute Gasteiger partial charge is 0.351 e. The largest absolute Gasteiger partial charge is 0.477 e. The molecule has 0 radical (unpaired) electrons. The lowest BCUT2D eigenvalue weighted by Crippen LogP contribution is -2.17. The van der Waals surface area contributed by atoms with Crippen molar-refractivity contribution in [1.29, 1.82) is 0 Å². The van der Waals surface area contributed by atoms with Gasteiger partial charge in [0.1, 0.15) is 5.71 Å². The predicted molar refractivity (Wildman–Crippen MR) is 63.9 cm³/mol. The van der Waals surface area contributed by atoms with Crippen LogP contribution in [0.1, 0.15) is 12.5 Å². The minimum absolute atomic E-state index is 0.0409. The molecule has 0 unspecified atom stereocenters. The van der Waals surface area contributed by atoms with Crippen LogP contribution in [-0.2, 0) is 11.2 Å². The van der Waals surface area contributed by atoms with E-state index in [-0.39, 0.29) is 5.71 Å². The van der Waals surface area contributed by atoms with Gasteiger partial charge >= 0.3 is 5.97 Å². The van der Waals surface area contributed by atoms with Gasteiger partial charge in [0.05, 0.1) is 0 Å². The third-order valence-corrected chi connectivity index (χ3v) is 2.39. The predicted octanol–water partition coefficient (Wildman–Crippen LogP) is 1.93. The zero-order chi connectivity index (χ0) is 12.0. The minimum atomic E-state index is -1.02. The Bertz CT molecular complexity index is 405. The maximum Gasteiger partial charge on any atom is 0.351 e. The van der Waals surface area contributed by atoms with E-state index in [4.69, 9.17) is 16.7 Å². The lowest BCUT2D eigenvalue weighted by atomic mass is 10.1. The van der Waals surface area contributed by atoms with E-state index >= 15 is 0 Å². The summed E-state index contributed by atoms with van der Waals surface area (Å²) in [6.45, 7) is 1.99. The third-order valence-electron chi connectivity index (χ3n) is 2.02. The van der Waals surface area contributed by atoms with Crippen LogP contribution in [-0.4, -0.2) is 23.3 Å². The molecule has 0 bridgehead atoms. The average Bonchev–Trinajstić information content (AvgIpc) is 2.26. The van der Waals surface area contributed by atoms with E-state index in [1.165, 1.54) is 6.92 Å². The summed E-state index contributed by atoms with van der Waals surface area (Å²) in [5.41, 5.74) is 3.75. The van der Waals surface area contributed by atoms with Crippen LogP contribution >= 0.6 is 11.6 Å². The summed E-state index contributed by atoms with van der Waals surface area (Å²) in [6.07, 6.45) is 0.704. The van der Waals surface area contributed by atoms with Gasteiger partial charge in [-0.15, -0.1) is 0 Å². The topological polar surface area (TPSA) is 61.7 Å². The Balaban J connectivity index is 2.40. The Morgan fingerprint density at radius 3 is 2.81 bits per heavy atom. The molecule has 0 heterocycles. The number of aliphatic carboxylic acids is 1. The number of carboxylic acids is 1. The molecular weight excluding hydrogens is 228 g/mol. The van der Waals surface area contributed by atoms with E-state index < -0.39 is 5.97 Å². The first-order valence-electron chi connectivity index (χ1n) is 4.85. The van der Waals surface area contributed by atoms with E-state index in [0.29, 0.717) is 18.0 Å². The van der Waals surface area contributed by atoms with Crippen LogP contribution in [0.4, 0.5) is 0 Å². The standard InChI is InChI=1S/C11H13ClN2O2/c1-8(11(15)16)14-13-7-6-9-4-2-3-5-10(9)12/h2-5,13H,6-7H2,1H3,(H,15,16). The van der Waals surface area contributed by atoms with Crippen molar-refractivity contribution >= 4 is 23.3 Å². The summed E-state index contributed by atoms with van der Waals surface area (Å²) in [6, 6.07) is 7.53. The number of nitrogens with zero attached hydrogens (tertiary/aromatic N) is 1. The number of carboxylic acid groups (broad SMARTS) is 1. The Morgan fingerprint density at radius 1 is 1.50 bits per heavy atom. The summed E-state index contributed by atoms with van der Waals surface area (Å²) in [7, 11) is 0. The zero-order valence-corrected chi connectivity index (χ0v) is 9.66. The maximum atomic E-state index is 10.4. The summed E-state index contributed by atoms with van der Waals surface area (Å²) in [5.74, 6) is -1.02. The fourth-order valence-corrected chi connectivity index (χ4v) is 1.34. The molecule has 86 valence electrons. The molecule has 0 saturated carbocycles. The molecular formula is C11H13ClN2O2. The molecule has 1 aromatic carbocycles. The van der Waals surface area contributed by atoms with E-state index in [1.807, 2.05) is 24.3 Å².